The number of rotatable bonds is 35. The normalized spacial score (nSPS) is 15.2. The second-order valence-corrected chi connectivity index (χ2v) is 13.6. The standard InChI is InChI=1S/C42H69O9P/c1-3-5-7-9-11-13-15-17-18-19-20-21-23-25-27-29-31-33-35-48-38-41(39-50-52(46,47)49-37-40(44)36-43)51-42(45)34-32-30-28-26-24-22-16-14-12-10-8-6-4-2/h5-8,11-14,17-18,20-22,24-25,27,40-41,43-44H,3-4,9-10,15-16,19,23,26,28-39H2,1-2H3,(H,46,47)/b7-5-,8-6-,13-11-,14-12-,18-17-,21-20-,24-22-,27-25-. The van der Waals surface area contributed by atoms with E-state index in [2.05, 4.69) is 111 Å². The number of phosphoric ester groups is 1. The zero-order chi connectivity index (χ0) is 38.2. The van der Waals surface area contributed by atoms with Crippen molar-refractivity contribution < 1.29 is 43.0 Å². The van der Waals surface area contributed by atoms with E-state index in [9.17, 15) is 19.4 Å². The highest BCUT2D eigenvalue weighted by molar-refractivity contribution is 7.47. The third-order valence-corrected chi connectivity index (χ3v) is 8.22. The Morgan fingerprint density at radius 1 is 0.596 bits per heavy atom. The van der Waals surface area contributed by atoms with Gasteiger partial charge in [-0.1, -0.05) is 117 Å². The smallest absolute Gasteiger partial charge is 0.457 e. The summed E-state index contributed by atoms with van der Waals surface area (Å²) < 4.78 is 33.2. The minimum absolute atomic E-state index is 0.000801. The average molecular weight is 749 g/mol. The van der Waals surface area contributed by atoms with E-state index in [-0.39, 0.29) is 13.0 Å². The van der Waals surface area contributed by atoms with Crippen LogP contribution >= 0.6 is 7.82 Å². The van der Waals surface area contributed by atoms with E-state index >= 15 is 0 Å². The number of allylic oxidation sites excluding steroid dienone is 16. The molecule has 3 unspecified atom stereocenters. The predicted octanol–water partition coefficient (Wildman–Crippen LogP) is 10.1. The van der Waals surface area contributed by atoms with Crippen LogP contribution in [0.5, 0.6) is 0 Å². The topological polar surface area (TPSA) is 132 Å². The molecule has 3 atom stereocenters. The Morgan fingerprint density at radius 3 is 1.52 bits per heavy atom. The van der Waals surface area contributed by atoms with E-state index in [1.807, 2.05) is 0 Å². The molecule has 0 aliphatic heterocycles. The minimum atomic E-state index is -4.54. The third kappa shape index (κ3) is 37.1. The first-order chi connectivity index (χ1) is 25.3. The van der Waals surface area contributed by atoms with Gasteiger partial charge in [0.05, 0.1) is 26.4 Å². The minimum Gasteiger partial charge on any atom is -0.457 e. The number of unbranched alkanes of at least 4 members (excludes halogenated alkanes) is 5. The van der Waals surface area contributed by atoms with Crippen LogP contribution in [0.25, 0.3) is 0 Å². The van der Waals surface area contributed by atoms with Gasteiger partial charge >= 0.3 is 13.8 Å². The lowest BCUT2D eigenvalue weighted by Gasteiger charge is -2.20. The summed E-state index contributed by atoms with van der Waals surface area (Å²) in [4.78, 5) is 22.5. The highest BCUT2D eigenvalue weighted by Crippen LogP contribution is 2.43. The van der Waals surface area contributed by atoms with Gasteiger partial charge in [-0.15, -0.1) is 0 Å². The first-order valence-corrected chi connectivity index (χ1v) is 20.7. The number of hydrogen-bond donors (Lipinski definition) is 3. The molecule has 0 bridgehead atoms. The molecule has 0 aromatic heterocycles. The van der Waals surface area contributed by atoms with Crippen molar-refractivity contribution in [3.05, 3.63) is 97.2 Å². The molecule has 0 saturated heterocycles. The molecular weight excluding hydrogens is 679 g/mol. The molecule has 0 aliphatic carbocycles. The molecule has 52 heavy (non-hydrogen) atoms. The van der Waals surface area contributed by atoms with Gasteiger partial charge in [-0.25, -0.2) is 4.57 Å². The van der Waals surface area contributed by atoms with Gasteiger partial charge in [-0.2, -0.15) is 0 Å². The largest absolute Gasteiger partial charge is 0.472 e. The number of esters is 1. The predicted molar refractivity (Wildman–Crippen MR) is 214 cm³/mol. The Hall–Kier alpha value is -2.62. The van der Waals surface area contributed by atoms with Crippen molar-refractivity contribution in [3.8, 4) is 0 Å². The Balaban J connectivity index is 4.39. The number of aliphatic hydroxyl groups is 2. The molecule has 0 radical (unpaired) electrons. The average Bonchev–Trinajstić information content (AvgIpc) is 3.13. The molecule has 0 amide bonds. The summed E-state index contributed by atoms with van der Waals surface area (Å²) in [6, 6.07) is 0. The Morgan fingerprint density at radius 2 is 1.04 bits per heavy atom. The third-order valence-electron chi connectivity index (χ3n) is 7.27. The van der Waals surface area contributed by atoms with Crippen LogP contribution in [0.3, 0.4) is 0 Å². The summed E-state index contributed by atoms with van der Waals surface area (Å²) >= 11 is 0. The number of phosphoric acid groups is 1. The van der Waals surface area contributed by atoms with Crippen LogP contribution in [-0.4, -0.2) is 66.3 Å². The van der Waals surface area contributed by atoms with Crippen LogP contribution in [0.2, 0.25) is 0 Å². The van der Waals surface area contributed by atoms with Crippen LogP contribution in [0.1, 0.15) is 117 Å². The van der Waals surface area contributed by atoms with Crippen LogP contribution in [0.15, 0.2) is 97.2 Å². The maximum absolute atomic E-state index is 12.5. The van der Waals surface area contributed by atoms with Gasteiger partial charge in [0, 0.05) is 13.0 Å². The van der Waals surface area contributed by atoms with Crippen LogP contribution in [-0.2, 0) is 27.9 Å². The Bertz CT molecular complexity index is 1120. The zero-order valence-corrected chi connectivity index (χ0v) is 32.9. The summed E-state index contributed by atoms with van der Waals surface area (Å²) in [5.74, 6) is -0.433. The van der Waals surface area contributed by atoms with Gasteiger partial charge < -0.3 is 24.6 Å². The van der Waals surface area contributed by atoms with E-state index in [0.717, 1.165) is 89.9 Å². The fourth-order valence-corrected chi connectivity index (χ4v) is 5.18. The first-order valence-electron chi connectivity index (χ1n) is 19.2. The van der Waals surface area contributed by atoms with Crippen LogP contribution < -0.4 is 0 Å². The number of aliphatic hydroxyl groups excluding tert-OH is 2. The molecule has 9 nitrogen and oxygen atoms in total. The fraction of sp³-hybridized carbons (Fsp3) is 0.595. The van der Waals surface area contributed by atoms with Crippen molar-refractivity contribution in [2.45, 2.75) is 129 Å². The molecule has 0 heterocycles. The van der Waals surface area contributed by atoms with Crippen LogP contribution in [0.4, 0.5) is 0 Å². The molecule has 10 heteroatoms. The molecular formula is C42H69O9P. The maximum atomic E-state index is 12.5. The van der Waals surface area contributed by atoms with E-state index in [1.54, 1.807) is 0 Å². The summed E-state index contributed by atoms with van der Waals surface area (Å²) in [5.41, 5.74) is 0. The lowest BCUT2D eigenvalue weighted by atomic mass is 10.1. The van der Waals surface area contributed by atoms with E-state index in [1.165, 1.54) is 0 Å². The number of hydrogen-bond acceptors (Lipinski definition) is 8. The summed E-state index contributed by atoms with van der Waals surface area (Å²) in [5, 5.41) is 18.3. The van der Waals surface area contributed by atoms with Crippen LogP contribution in [0, 0.1) is 0 Å². The van der Waals surface area contributed by atoms with Gasteiger partial charge in [-0.05, 0) is 89.9 Å². The number of carbonyl (C=O) groups excluding carboxylic acids is 1. The zero-order valence-electron chi connectivity index (χ0n) is 32.0. The van der Waals surface area contributed by atoms with Crippen molar-refractivity contribution in [1.82, 2.24) is 0 Å². The fourth-order valence-electron chi connectivity index (χ4n) is 4.39. The monoisotopic (exact) mass is 748 g/mol. The summed E-state index contributed by atoms with van der Waals surface area (Å²) in [6.45, 7) is 3.08. The quantitative estimate of drug-likeness (QED) is 0.0251. The molecule has 0 aromatic carbocycles. The van der Waals surface area contributed by atoms with Crippen molar-refractivity contribution in [3.63, 3.8) is 0 Å². The SMILES string of the molecule is CC/C=C\C/C=C\C/C=C\C/C=C\C/C=C\CCCCOCC(COP(=O)(O)OCC(O)CO)OC(=O)CCCCC/C=C\C/C=C\C/C=C\CC. The Kier molecular flexibility index (Phi) is 36.2. The summed E-state index contributed by atoms with van der Waals surface area (Å²) in [7, 11) is -4.54. The second-order valence-electron chi connectivity index (χ2n) is 12.2. The van der Waals surface area contributed by atoms with Gasteiger partial charge in [0.1, 0.15) is 12.2 Å². The van der Waals surface area contributed by atoms with Crippen molar-refractivity contribution in [2.24, 2.45) is 0 Å². The maximum Gasteiger partial charge on any atom is 0.472 e. The molecule has 0 fully saturated rings. The van der Waals surface area contributed by atoms with Crippen molar-refractivity contribution in [2.75, 3.05) is 33.0 Å². The lowest BCUT2D eigenvalue weighted by molar-refractivity contribution is -0.154. The molecule has 0 spiro atoms. The van der Waals surface area contributed by atoms with Crippen molar-refractivity contribution >= 4 is 13.8 Å². The van der Waals surface area contributed by atoms with Gasteiger partial charge in [0.2, 0.25) is 0 Å². The molecule has 0 rings (SSSR count). The molecule has 296 valence electrons. The van der Waals surface area contributed by atoms with Gasteiger partial charge in [0.15, 0.2) is 0 Å². The van der Waals surface area contributed by atoms with E-state index in [0.29, 0.717) is 13.0 Å². The van der Waals surface area contributed by atoms with E-state index < -0.39 is 45.8 Å². The molecule has 0 aliphatic rings. The van der Waals surface area contributed by atoms with E-state index in [4.69, 9.17) is 23.6 Å². The first kappa shape index (κ1) is 49.4. The Labute approximate surface area is 315 Å². The second kappa shape index (κ2) is 38.1. The number of carbonyl (C=O) groups is 1. The molecule has 3 N–H and O–H groups in total. The molecule has 0 saturated carbocycles. The molecule has 0 aromatic rings. The number of ether oxygens (including phenoxy) is 2. The highest BCUT2D eigenvalue weighted by Gasteiger charge is 2.26. The van der Waals surface area contributed by atoms with Crippen molar-refractivity contribution in [1.29, 1.82) is 0 Å². The highest BCUT2D eigenvalue weighted by atomic mass is 31.2. The van der Waals surface area contributed by atoms with Gasteiger partial charge in [-0.3, -0.25) is 13.8 Å². The summed E-state index contributed by atoms with van der Waals surface area (Å²) in [6.07, 6.45) is 46.6. The lowest BCUT2D eigenvalue weighted by Crippen LogP contribution is -2.29. The van der Waals surface area contributed by atoms with Gasteiger partial charge in [0.25, 0.3) is 0 Å².